The van der Waals surface area contributed by atoms with E-state index in [1.54, 1.807) is 0 Å². The molecule has 0 saturated heterocycles. The molecule has 1 rings (SSSR count). The molecule has 0 unspecified atom stereocenters. The van der Waals surface area contributed by atoms with E-state index >= 15 is 0 Å². The number of hydrogen-bond acceptors (Lipinski definition) is 2. The molecule has 2 nitrogen and oxygen atoms in total. The van der Waals surface area contributed by atoms with Gasteiger partial charge in [-0.2, -0.15) is 8.78 Å². The minimum atomic E-state index is -3.33. The lowest BCUT2D eigenvalue weighted by molar-refractivity contribution is 0.0626. The lowest BCUT2D eigenvalue weighted by Gasteiger charge is -2.05. The third-order valence-corrected chi connectivity index (χ3v) is 1.69. The van der Waals surface area contributed by atoms with E-state index in [2.05, 4.69) is 4.98 Å². The van der Waals surface area contributed by atoms with Crippen molar-refractivity contribution >= 4 is 28.4 Å². The lowest BCUT2D eigenvalue weighted by atomic mass is 10.2. The number of pyridine rings is 1. The molecule has 0 fully saturated rings. The highest BCUT2D eigenvalue weighted by Crippen LogP contribution is 2.26. The maximum atomic E-state index is 12.4. The minimum Gasteiger partial charge on any atom is -0.286 e. The van der Waals surface area contributed by atoms with Gasteiger partial charge in [-0.15, -0.1) is 0 Å². The van der Waals surface area contributed by atoms with Crippen LogP contribution < -0.4 is 0 Å². The van der Waals surface area contributed by atoms with Crippen LogP contribution in [-0.2, 0) is 0 Å². The first-order chi connectivity index (χ1) is 5.52. The Labute approximate surface area is 81.1 Å². The SMILES string of the molecule is O=C(c1ccncc1)C(F)(F)I. The van der Waals surface area contributed by atoms with Gasteiger partial charge in [0, 0.05) is 40.5 Å². The maximum Gasteiger partial charge on any atom is 0.357 e. The molecule has 0 radical (unpaired) electrons. The van der Waals surface area contributed by atoms with Crippen molar-refractivity contribution in [1.29, 1.82) is 0 Å². The summed E-state index contributed by atoms with van der Waals surface area (Å²) in [5.74, 6) is -1.19. The quantitative estimate of drug-likeness (QED) is 0.473. The lowest BCUT2D eigenvalue weighted by Crippen LogP contribution is -2.20. The number of rotatable bonds is 2. The number of Topliss-reactive ketones (excluding diaryl/α,β-unsaturated/α-hetero) is 1. The number of carbonyl (C=O) groups excluding carboxylic acids is 1. The van der Waals surface area contributed by atoms with Gasteiger partial charge in [-0.3, -0.25) is 9.78 Å². The Hall–Kier alpha value is -0.590. The van der Waals surface area contributed by atoms with E-state index < -0.39 is 9.71 Å². The van der Waals surface area contributed by atoms with Crippen LogP contribution in [0, 0.1) is 0 Å². The van der Waals surface area contributed by atoms with Crippen LogP contribution in [0.1, 0.15) is 10.4 Å². The molecule has 0 aliphatic rings. The van der Waals surface area contributed by atoms with Gasteiger partial charge in [-0.25, -0.2) is 0 Å². The monoisotopic (exact) mass is 283 g/mol. The molecule has 1 heterocycles. The summed E-state index contributed by atoms with van der Waals surface area (Å²) in [5.41, 5.74) is -0.0237. The zero-order valence-electron chi connectivity index (χ0n) is 5.80. The molecule has 0 aliphatic carbocycles. The fraction of sp³-hybridized carbons (Fsp3) is 0.143. The van der Waals surface area contributed by atoms with Crippen molar-refractivity contribution < 1.29 is 13.6 Å². The van der Waals surface area contributed by atoms with Gasteiger partial charge < -0.3 is 0 Å². The largest absolute Gasteiger partial charge is 0.357 e. The summed E-state index contributed by atoms with van der Waals surface area (Å²) in [6, 6.07) is 2.52. The molecule has 64 valence electrons. The zero-order valence-corrected chi connectivity index (χ0v) is 7.96. The van der Waals surface area contributed by atoms with E-state index in [1.165, 1.54) is 24.5 Å². The van der Waals surface area contributed by atoms with Gasteiger partial charge in [0.05, 0.1) is 0 Å². The maximum absolute atomic E-state index is 12.4. The van der Waals surface area contributed by atoms with Crippen molar-refractivity contribution in [3.8, 4) is 0 Å². The number of alkyl halides is 3. The van der Waals surface area contributed by atoms with Crippen molar-refractivity contribution in [2.45, 2.75) is 3.93 Å². The van der Waals surface area contributed by atoms with Gasteiger partial charge in [0.1, 0.15) is 0 Å². The average molecular weight is 283 g/mol. The molecule has 1 aromatic rings. The second kappa shape index (κ2) is 3.42. The van der Waals surface area contributed by atoms with Gasteiger partial charge >= 0.3 is 3.93 Å². The van der Waals surface area contributed by atoms with Crippen LogP contribution in [0.25, 0.3) is 0 Å². The van der Waals surface area contributed by atoms with E-state index in [0.29, 0.717) is 0 Å². The summed E-state index contributed by atoms with van der Waals surface area (Å²) in [6.45, 7) is 0. The Balaban J connectivity index is 2.94. The molecule has 12 heavy (non-hydrogen) atoms. The number of hydrogen-bond donors (Lipinski definition) is 0. The first-order valence-electron chi connectivity index (χ1n) is 3.03. The van der Waals surface area contributed by atoms with E-state index in [4.69, 9.17) is 0 Å². The molecule has 0 amide bonds. The van der Waals surface area contributed by atoms with Crippen LogP contribution in [0.3, 0.4) is 0 Å². The third-order valence-electron chi connectivity index (χ3n) is 1.20. The smallest absolute Gasteiger partial charge is 0.286 e. The van der Waals surface area contributed by atoms with E-state index in [9.17, 15) is 13.6 Å². The molecule has 0 N–H and O–H groups in total. The molecule has 0 saturated carbocycles. The fourth-order valence-electron chi connectivity index (χ4n) is 0.667. The summed E-state index contributed by atoms with van der Waals surface area (Å²) in [5, 5.41) is 0. The van der Waals surface area contributed by atoms with Crippen molar-refractivity contribution in [2.75, 3.05) is 0 Å². The van der Waals surface area contributed by atoms with Gasteiger partial charge in [-0.05, 0) is 12.1 Å². The molecule has 0 aliphatic heterocycles. The summed E-state index contributed by atoms with van der Waals surface area (Å²) in [4.78, 5) is 14.5. The van der Waals surface area contributed by atoms with Crippen LogP contribution >= 0.6 is 22.6 Å². The normalized spacial score (nSPS) is 11.2. The molecule has 0 aromatic carbocycles. The van der Waals surface area contributed by atoms with Crippen LogP contribution in [0.4, 0.5) is 8.78 Å². The Kier molecular flexibility index (Phi) is 2.71. The Morgan fingerprint density at radius 3 is 2.33 bits per heavy atom. The number of halogens is 3. The number of aromatic nitrogens is 1. The van der Waals surface area contributed by atoms with Gasteiger partial charge in [0.15, 0.2) is 0 Å². The summed E-state index contributed by atoms with van der Waals surface area (Å²) in [7, 11) is 0. The predicted octanol–water partition coefficient (Wildman–Crippen LogP) is 2.29. The molecular weight excluding hydrogens is 279 g/mol. The highest BCUT2D eigenvalue weighted by molar-refractivity contribution is 14.1. The van der Waals surface area contributed by atoms with Crippen molar-refractivity contribution in [2.24, 2.45) is 0 Å². The highest BCUT2D eigenvalue weighted by Gasteiger charge is 2.35. The summed E-state index contributed by atoms with van der Waals surface area (Å²) in [6.07, 6.45) is 2.60. The Morgan fingerprint density at radius 1 is 1.42 bits per heavy atom. The Bertz CT molecular complexity index is 283. The topological polar surface area (TPSA) is 30.0 Å². The summed E-state index contributed by atoms with van der Waals surface area (Å²) < 4.78 is 21.5. The first kappa shape index (κ1) is 9.50. The van der Waals surface area contributed by atoms with E-state index in [1.807, 2.05) is 0 Å². The molecule has 0 atom stereocenters. The highest BCUT2D eigenvalue weighted by atomic mass is 127. The van der Waals surface area contributed by atoms with E-state index in [-0.39, 0.29) is 5.56 Å². The van der Waals surface area contributed by atoms with E-state index in [0.717, 1.165) is 22.6 Å². The zero-order chi connectivity index (χ0) is 9.19. The second-order valence-electron chi connectivity index (χ2n) is 2.06. The van der Waals surface area contributed by atoms with Crippen LogP contribution in [0.15, 0.2) is 24.5 Å². The standard InChI is InChI=1S/C7H4F2INO/c8-7(9,10)6(12)5-1-3-11-4-2-5/h1-4H. The number of carbonyl (C=O) groups is 1. The molecular formula is C7H4F2INO. The van der Waals surface area contributed by atoms with Crippen molar-refractivity contribution in [1.82, 2.24) is 4.98 Å². The Morgan fingerprint density at radius 2 is 1.92 bits per heavy atom. The van der Waals surface area contributed by atoms with Crippen LogP contribution in [0.2, 0.25) is 0 Å². The molecule has 5 heteroatoms. The predicted molar refractivity (Wildman–Crippen MR) is 47.5 cm³/mol. The van der Waals surface area contributed by atoms with Crippen LogP contribution in [0.5, 0.6) is 0 Å². The number of nitrogens with zero attached hydrogens (tertiary/aromatic N) is 1. The van der Waals surface area contributed by atoms with Gasteiger partial charge in [-0.1, -0.05) is 0 Å². The first-order valence-corrected chi connectivity index (χ1v) is 4.11. The average Bonchev–Trinajstić information content (AvgIpc) is 2.03. The third kappa shape index (κ3) is 2.20. The number of ketones is 1. The van der Waals surface area contributed by atoms with Crippen molar-refractivity contribution in [3.05, 3.63) is 30.1 Å². The molecule has 1 aromatic heterocycles. The molecule has 0 bridgehead atoms. The van der Waals surface area contributed by atoms with Crippen molar-refractivity contribution in [3.63, 3.8) is 0 Å². The molecule has 0 spiro atoms. The van der Waals surface area contributed by atoms with Crippen LogP contribution in [-0.4, -0.2) is 14.7 Å². The van der Waals surface area contributed by atoms with Gasteiger partial charge in [0.2, 0.25) is 5.78 Å². The summed E-state index contributed by atoms with van der Waals surface area (Å²) >= 11 is 0.803. The van der Waals surface area contributed by atoms with Gasteiger partial charge in [0.25, 0.3) is 0 Å². The minimum absolute atomic E-state index is 0.0237. The second-order valence-corrected chi connectivity index (χ2v) is 3.42. The fourth-order valence-corrected chi connectivity index (χ4v) is 0.978.